The third-order valence-corrected chi connectivity index (χ3v) is 5.42. The molecule has 0 spiro atoms. The molecular weight excluding hydrogens is 533 g/mol. The first kappa shape index (κ1) is 37.2. The zero-order valence-corrected chi connectivity index (χ0v) is 25.9. The second kappa shape index (κ2) is 20.1. The maximum absolute atomic E-state index is 12.0. The van der Waals surface area contributed by atoms with Gasteiger partial charge in [0.05, 0.1) is 6.42 Å². The number of hydrogen-bond acceptors (Lipinski definition) is 5. The van der Waals surface area contributed by atoms with Gasteiger partial charge in [-0.3, -0.25) is 20.5 Å². The van der Waals surface area contributed by atoms with E-state index in [0.717, 1.165) is 18.4 Å². The van der Waals surface area contributed by atoms with E-state index in [9.17, 15) is 19.2 Å². The average molecular weight is 569 g/mol. The van der Waals surface area contributed by atoms with Crippen LogP contribution in [0.15, 0.2) is 67.3 Å². The Hall–Kier alpha value is -3.79. The molecule has 0 fully saturated rings. The first-order chi connectivity index (χ1) is 19.1. The van der Waals surface area contributed by atoms with Gasteiger partial charge < -0.3 is 26.3 Å². The van der Waals surface area contributed by atoms with E-state index in [4.69, 9.17) is 15.6 Å². The van der Waals surface area contributed by atoms with Crippen LogP contribution in [0.4, 0.5) is 5.69 Å². The standard InChI is InChI=1S/C17H18N3O6.C14H17.Na/c1-2-3-4-12(18)16(24)19-11-7-5-10(6-8-11)15(23)20-13(17(25)26)9-14(21)22;1-4-7-8-12-9-10-13(5-2)14(6-3)11-12;/h4-8,13,18H,2,9H2,1H3,(H,19,24)(H,20,23)(H,21,22)(H,25,26);4,7,9-11H,1,5-6H2,2-3H3;/q2*-1;+1. The van der Waals surface area contributed by atoms with Gasteiger partial charge in [-0.2, -0.15) is 0 Å². The Morgan fingerprint density at radius 1 is 1.00 bits per heavy atom. The molecule has 0 saturated heterocycles. The summed E-state index contributed by atoms with van der Waals surface area (Å²) in [5.74, 6) is -4.21. The Balaban J connectivity index is 0.000000901. The van der Waals surface area contributed by atoms with Gasteiger partial charge in [-0.05, 0) is 42.8 Å². The van der Waals surface area contributed by atoms with Crippen LogP contribution in [0.5, 0.6) is 0 Å². The summed E-state index contributed by atoms with van der Waals surface area (Å²) >= 11 is 0. The third-order valence-electron chi connectivity index (χ3n) is 5.42. The van der Waals surface area contributed by atoms with Gasteiger partial charge in [0, 0.05) is 11.3 Å². The molecule has 0 radical (unpaired) electrons. The molecule has 0 aliphatic rings. The fraction of sp³-hybridized carbons (Fsp3) is 0.258. The van der Waals surface area contributed by atoms with Crippen LogP contribution < -0.4 is 40.2 Å². The van der Waals surface area contributed by atoms with E-state index in [1.807, 2.05) is 13.0 Å². The number of hydrogen-bond donors (Lipinski definition) is 5. The number of carboxylic acids is 2. The maximum Gasteiger partial charge on any atom is 1.00 e. The molecule has 41 heavy (non-hydrogen) atoms. The van der Waals surface area contributed by atoms with Gasteiger partial charge in [-0.1, -0.05) is 31.9 Å². The first-order valence-electron chi connectivity index (χ1n) is 12.7. The number of rotatable bonds is 13. The minimum absolute atomic E-state index is 0. The number of aliphatic carboxylic acids is 2. The van der Waals surface area contributed by atoms with E-state index in [2.05, 4.69) is 61.4 Å². The molecule has 0 saturated carbocycles. The van der Waals surface area contributed by atoms with Crippen molar-refractivity contribution in [2.45, 2.75) is 52.5 Å². The minimum Gasteiger partial charge on any atom is -0.481 e. The van der Waals surface area contributed by atoms with Crippen molar-refractivity contribution in [2.75, 3.05) is 5.32 Å². The van der Waals surface area contributed by atoms with Crippen molar-refractivity contribution >= 4 is 35.2 Å². The Kier molecular flexibility index (Phi) is 18.3. The van der Waals surface area contributed by atoms with E-state index in [0.29, 0.717) is 12.1 Å². The Labute approximate surface area is 263 Å². The summed E-state index contributed by atoms with van der Waals surface area (Å²) in [6, 6.07) is 10.4. The van der Waals surface area contributed by atoms with Gasteiger partial charge in [0.2, 0.25) is 0 Å². The van der Waals surface area contributed by atoms with E-state index in [-0.39, 0.29) is 40.8 Å². The van der Waals surface area contributed by atoms with E-state index < -0.39 is 36.2 Å². The predicted octanol–water partition coefficient (Wildman–Crippen LogP) is 1.78. The first-order valence-corrected chi connectivity index (χ1v) is 12.7. The Morgan fingerprint density at radius 2 is 1.63 bits per heavy atom. The van der Waals surface area contributed by atoms with E-state index in [1.54, 1.807) is 6.08 Å². The summed E-state index contributed by atoms with van der Waals surface area (Å²) in [5, 5.41) is 29.7. The third kappa shape index (κ3) is 13.9. The molecule has 212 valence electrons. The predicted molar refractivity (Wildman–Crippen MR) is 154 cm³/mol. The quantitative estimate of drug-likeness (QED) is 0.107. The minimum atomic E-state index is -1.55. The van der Waals surface area contributed by atoms with Crippen molar-refractivity contribution in [3.05, 3.63) is 102 Å². The molecule has 0 aliphatic carbocycles. The zero-order chi connectivity index (χ0) is 30.1. The smallest absolute Gasteiger partial charge is 0.481 e. The largest absolute Gasteiger partial charge is 1.00 e. The fourth-order valence-corrected chi connectivity index (χ4v) is 3.33. The number of carbonyl (C=O) groups excluding carboxylic acids is 2. The molecule has 0 bridgehead atoms. The van der Waals surface area contributed by atoms with Crippen LogP contribution in [0.2, 0.25) is 0 Å². The number of carboxylic acid groups (broad SMARTS) is 2. The van der Waals surface area contributed by atoms with Crippen LogP contribution in [0.25, 0.3) is 0 Å². The summed E-state index contributed by atoms with van der Waals surface area (Å²) in [7, 11) is 0. The van der Waals surface area contributed by atoms with Crippen LogP contribution >= 0.6 is 0 Å². The number of amides is 2. The van der Waals surface area contributed by atoms with Gasteiger partial charge >= 0.3 is 41.5 Å². The van der Waals surface area contributed by atoms with Crippen molar-refractivity contribution < 1.29 is 58.9 Å². The molecule has 2 amide bonds. The zero-order valence-electron chi connectivity index (χ0n) is 23.9. The van der Waals surface area contributed by atoms with Crippen LogP contribution in [-0.4, -0.2) is 45.7 Å². The number of carbonyl (C=O) groups is 4. The topological polar surface area (TPSA) is 157 Å². The normalized spacial score (nSPS) is 11.0. The summed E-state index contributed by atoms with van der Waals surface area (Å²) in [6.45, 7) is 9.83. The molecule has 1 unspecified atom stereocenters. The van der Waals surface area contributed by atoms with Crippen molar-refractivity contribution in [3.8, 4) is 0 Å². The molecule has 2 aromatic rings. The molecule has 10 heteroatoms. The van der Waals surface area contributed by atoms with Gasteiger partial charge in [0.15, 0.2) is 5.91 Å². The van der Waals surface area contributed by atoms with E-state index >= 15 is 0 Å². The van der Waals surface area contributed by atoms with Crippen molar-refractivity contribution in [1.29, 1.82) is 5.41 Å². The average Bonchev–Trinajstić information content (AvgIpc) is 2.94. The molecule has 2 rings (SSSR count). The number of allylic oxidation sites excluding steroid dienone is 3. The molecule has 0 aliphatic heterocycles. The second-order valence-electron chi connectivity index (χ2n) is 8.35. The molecule has 1 atom stereocenters. The Bertz CT molecular complexity index is 1270. The summed E-state index contributed by atoms with van der Waals surface area (Å²) < 4.78 is 0. The number of nitrogens with one attached hydrogen (secondary N) is 3. The summed E-state index contributed by atoms with van der Waals surface area (Å²) in [6.07, 6.45) is 12.8. The van der Waals surface area contributed by atoms with Crippen molar-refractivity contribution in [3.63, 3.8) is 0 Å². The maximum atomic E-state index is 12.0. The van der Waals surface area contributed by atoms with E-state index in [1.165, 1.54) is 41.5 Å². The number of benzene rings is 2. The van der Waals surface area contributed by atoms with Gasteiger partial charge in [-0.15, -0.1) is 55.0 Å². The molecule has 9 nitrogen and oxygen atoms in total. The number of aryl methyl sites for hydroxylation is 2. The fourth-order valence-electron chi connectivity index (χ4n) is 3.33. The molecule has 5 N–H and O–H groups in total. The van der Waals surface area contributed by atoms with Crippen LogP contribution in [0, 0.1) is 17.6 Å². The van der Waals surface area contributed by atoms with Crippen LogP contribution in [-0.2, 0) is 27.2 Å². The SMILES string of the molecule is C=CC=[C-]c1ccc(CC)c(CC)c1.CC[C-]=CC(=N)C(=O)Nc1ccc(C(=O)NC(CC(=O)O)C(=O)O)cc1.[Na+]. The summed E-state index contributed by atoms with van der Waals surface area (Å²) in [5.41, 5.74) is 4.16. The molecule has 0 aromatic heterocycles. The van der Waals surface area contributed by atoms with Gasteiger partial charge in [0.25, 0.3) is 5.91 Å². The van der Waals surface area contributed by atoms with Gasteiger partial charge in [0.1, 0.15) is 6.04 Å². The monoisotopic (exact) mass is 568 g/mol. The van der Waals surface area contributed by atoms with Gasteiger partial charge in [-0.25, -0.2) is 10.9 Å². The van der Waals surface area contributed by atoms with Crippen LogP contribution in [0.3, 0.4) is 0 Å². The van der Waals surface area contributed by atoms with Crippen LogP contribution in [0.1, 0.15) is 60.7 Å². The molecular formula is C31H35N3NaO6-. The second-order valence-corrected chi connectivity index (χ2v) is 8.35. The van der Waals surface area contributed by atoms with Crippen molar-refractivity contribution in [2.24, 2.45) is 0 Å². The van der Waals surface area contributed by atoms with Crippen molar-refractivity contribution in [1.82, 2.24) is 5.32 Å². The Morgan fingerprint density at radius 3 is 2.15 bits per heavy atom. The molecule has 2 aromatic carbocycles. The molecule has 0 heterocycles. The number of anilines is 1. The summed E-state index contributed by atoms with van der Waals surface area (Å²) in [4.78, 5) is 45.3.